The van der Waals surface area contributed by atoms with Crippen molar-refractivity contribution in [3.05, 3.63) is 81.4 Å². The van der Waals surface area contributed by atoms with Crippen molar-refractivity contribution in [1.29, 1.82) is 0 Å². The van der Waals surface area contributed by atoms with Crippen molar-refractivity contribution in [2.24, 2.45) is 5.10 Å². The number of anilines is 2. The number of hydrogen-bond acceptors (Lipinski definition) is 8. The summed E-state index contributed by atoms with van der Waals surface area (Å²) in [5.41, 5.74) is 4.41. The Labute approximate surface area is 190 Å². The molecule has 0 aliphatic carbocycles. The fraction of sp³-hybridized carbons (Fsp3) is 0.136. The number of ether oxygens (including phenoxy) is 1. The summed E-state index contributed by atoms with van der Waals surface area (Å²) in [4.78, 5) is 10.6. The zero-order chi connectivity index (χ0) is 24.2. The number of nitro groups is 1. The molecule has 0 heterocycles. The Hall–Kier alpha value is -4.12. The van der Waals surface area contributed by atoms with Gasteiger partial charge in [-0.15, -0.1) is 0 Å². The Balaban J connectivity index is 1.86. The molecular weight excluding hydrogens is 448 g/mol. The fourth-order valence-electron chi connectivity index (χ4n) is 2.99. The summed E-state index contributed by atoms with van der Waals surface area (Å²) in [6, 6.07) is 13.2. The maximum atomic E-state index is 12.8. The van der Waals surface area contributed by atoms with Gasteiger partial charge in [0.25, 0.3) is 15.7 Å². The van der Waals surface area contributed by atoms with Crippen molar-refractivity contribution in [2.45, 2.75) is 18.7 Å². The molecule has 0 amide bonds. The number of aryl methyl sites for hydroxylation is 2. The van der Waals surface area contributed by atoms with E-state index in [1.54, 1.807) is 25.1 Å². The van der Waals surface area contributed by atoms with Gasteiger partial charge in [0.15, 0.2) is 0 Å². The van der Waals surface area contributed by atoms with Gasteiger partial charge in [-0.05, 0) is 55.8 Å². The van der Waals surface area contributed by atoms with Crippen molar-refractivity contribution in [2.75, 3.05) is 17.3 Å². The van der Waals surface area contributed by atoms with Gasteiger partial charge in [-0.3, -0.25) is 20.3 Å². The van der Waals surface area contributed by atoms with Gasteiger partial charge < -0.3 is 9.84 Å². The SMILES string of the molecule is COc1ccc(O)c(C=NNc2ccc(S(=O)(=O)Nc3ccc(C)cc3C)cc2[N+](=O)[O-])c1. The lowest BCUT2D eigenvalue weighted by atomic mass is 10.1. The molecular formula is C22H22N4O6S. The Kier molecular flexibility index (Phi) is 6.83. The molecule has 3 aromatic rings. The molecule has 172 valence electrons. The van der Waals surface area contributed by atoms with Crippen LogP contribution in [0.4, 0.5) is 17.1 Å². The van der Waals surface area contributed by atoms with E-state index in [4.69, 9.17) is 4.74 Å². The molecule has 0 spiro atoms. The highest BCUT2D eigenvalue weighted by atomic mass is 32.2. The van der Waals surface area contributed by atoms with Gasteiger partial charge in [0.1, 0.15) is 17.2 Å². The highest BCUT2D eigenvalue weighted by Crippen LogP contribution is 2.29. The van der Waals surface area contributed by atoms with Crippen LogP contribution in [0.15, 0.2) is 64.6 Å². The molecule has 0 saturated carbocycles. The Morgan fingerprint density at radius 2 is 1.79 bits per heavy atom. The number of hydrogen-bond donors (Lipinski definition) is 3. The van der Waals surface area contributed by atoms with E-state index in [0.717, 1.165) is 17.2 Å². The first-order valence-corrected chi connectivity index (χ1v) is 11.1. The van der Waals surface area contributed by atoms with Crippen LogP contribution in [0.5, 0.6) is 11.5 Å². The van der Waals surface area contributed by atoms with Crippen LogP contribution in [0.25, 0.3) is 0 Å². The number of phenolic OH excluding ortho intramolecular Hbond substituents is 1. The molecule has 11 heteroatoms. The molecule has 0 atom stereocenters. The van der Waals surface area contributed by atoms with Gasteiger partial charge in [0.2, 0.25) is 0 Å². The number of aromatic hydroxyl groups is 1. The van der Waals surface area contributed by atoms with Crippen molar-refractivity contribution in [3.8, 4) is 11.5 Å². The van der Waals surface area contributed by atoms with Gasteiger partial charge in [-0.2, -0.15) is 5.10 Å². The molecule has 0 radical (unpaired) electrons. The molecule has 0 aliphatic rings. The average molecular weight is 471 g/mol. The van der Waals surface area contributed by atoms with Crippen LogP contribution in [0, 0.1) is 24.0 Å². The van der Waals surface area contributed by atoms with E-state index in [0.29, 0.717) is 17.0 Å². The smallest absolute Gasteiger partial charge is 0.295 e. The molecule has 0 fully saturated rings. The van der Waals surface area contributed by atoms with Crippen LogP contribution in [0.3, 0.4) is 0 Å². The molecule has 10 nitrogen and oxygen atoms in total. The maximum Gasteiger partial charge on any atom is 0.295 e. The van der Waals surface area contributed by atoms with Crippen molar-refractivity contribution in [3.63, 3.8) is 0 Å². The summed E-state index contributed by atoms with van der Waals surface area (Å²) in [7, 11) is -2.59. The molecule has 0 saturated heterocycles. The standard InChI is InChI=1S/C22H22N4O6S/c1-14-4-7-19(15(2)10-14)25-33(30,31)18-6-8-20(21(12-18)26(28)29)24-23-13-16-11-17(32-3)5-9-22(16)27/h4-13,24-25,27H,1-3H3. The number of phenols is 1. The second kappa shape index (κ2) is 9.57. The summed E-state index contributed by atoms with van der Waals surface area (Å²) in [6.45, 7) is 3.65. The van der Waals surface area contributed by atoms with Gasteiger partial charge >= 0.3 is 0 Å². The number of nitrogens with one attached hydrogen (secondary N) is 2. The number of nitrogens with zero attached hydrogens (tertiary/aromatic N) is 2. The van der Waals surface area contributed by atoms with E-state index in [2.05, 4.69) is 15.2 Å². The zero-order valence-corrected chi connectivity index (χ0v) is 18.9. The fourth-order valence-corrected chi connectivity index (χ4v) is 4.14. The summed E-state index contributed by atoms with van der Waals surface area (Å²) in [5.74, 6) is 0.431. The minimum Gasteiger partial charge on any atom is -0.507 e. The van der Waals surface area contributed by atoms with Gasteiger partial charge in [-0.1, -0.05) is 17.7 Å². The lowest BCUT2D eigenvalue weighted by Crippen LogP contribution is -2.14. The van der Waals surface area contributed by atoms with Crippen LogP contribution in [0.2, 0.25) is 0 Å². The highest BCUT2D eigenvalue weighted by Gasteiger charge is 2.22. The number of rotatable bonds is 8. The lowest BCUT2D eigenvalue weighted by Gasteiger charge is -2.12. The van der Waals surface area contributed by atoms with E-state index in [-0.39, 0.29) is 16.3 Å². The first-order valence-electron chi connectivity index (χ1n) is 9.65. The molecule has 0 unspecified atom stereocenters. The van der Waals surface area contributed by atoms with E-state index in [1.165, 1.54) is 37.6 Å². The van der Waals surface area contributed by atoms with Crippen LogP contribution < -0.4 is 14.9 Å². The number of sulfonamides is 1. The number of hydrazone groups is 1. The van der Waals surface area contributed by atoms with Crippen LogP contribution in [0.1, 0.15) is 16.7 Å². The topological polar surface area (TPSA) is 143 Å². The normalized spacial score (nSPS) is 11.4. The average Bonchev–Trinajstić information content (AvgIpc) is 2.77. The minimum atomic E-state index is -4.07. The summed E-state index contributed by atoms with van der Waals surface area (Å²) in [5, 5.41) is 25.4. The van der Waals surface area contributed by atoms with Crippen LogP contribution in [-0.2, 0) is 10.0 Å². The third kappa shape index (κ3) is 5.57. The highest BCUT2D eigenvalue weighted by molar-refractivity contribution is 7.92. The van der Waals surface area contributed by atoms with E-state index in [1.807, 2.05) is 13.0 Å². The maximum absolute atomic E-state index is 12.8. The van der Waals surface area contributed by atoms with Crippen molar-refractivity contribution >= 4 is 33.3 Å². The summed E-state index contributed by atoms with van der Waals surface area (Å²) in [6.07, 6.45) is 1.26. The number of methoxy groups -OCH3 is 1. The Bertz CT molecular complexity index is 1340. The molecule has 0 aliphatic heterocycles. The Morgan fingerprint density at radius 1 is 1.06 bits per heavy atom. The first kappa shape index (κ1) is 23.5. The first-order chi connectivity index (χ1) is 15.6. The van der Waals surface area contributed by atoms with Crippen molar-refractivity contribution in [1.82, 2.24) is 0 Å². The van der Waals surface area contributed by atoms with Crippen LogP contribution >= 0.6 is 0 Å². The molecule has 0 aromatic heterocycles. The third-order valence-corrected chi connectivity index (χ3v) is 6.09. The van der Waals surface area contributed by atoms with E-state index < -0.39 is 20.6 Å². The summed E-state index contributed by atoms with van der Waals surface area (Å²) >= 11 is 0. The minimum absolute atomic E-state index is 0.0240. The second-order valence-electron chi connectivity index (χ2n) is 7.15. The largest absolute Gasteiger partial charge is 0.507 e. The van der Waals surface area contributed by atoms with Crippen molar-refractivity contribution < 1.29 is 23.2 Å². The lowest BCUT2D eigenvalue weighted by molar-refractivity contribution is -0.384. The van der Waals surface area contributed by atoms with Gasteiger partial charge in [0, 0.05) is 11.6 Å². The summed E-state index contributed by atoms with van der Waals surface area (Å²) < 4.78 is 33.1. The third-order valence-electron chi connectivity index (χ3n) is 4.73. The van der Waals surface area contributed by atoms with Gasteiger partial charge in [-0.25, -0.2) is 8.42 Å². The number of nitro benzene ring substituents is 1. The predicted octanol–water partition coefficient (Wildman–Crippen LogP) is 4.17. The molecule has 3 aromatic carbocycles. The molecule has 0 bridgehead atoms. The predicted molar refractivity (Wildman–Crippen MR) is 126 cm³/mol. The van der Waals surface area contributed by atoms with Gasteiger partial charge in [0.05, 0.1) is 28.8 Å². The molecule has 3 rings (SSSR count). The Morgan fingerprint density at radius 3 is 2.45 bits per heavy atom. The van der Waals surface area contributed by atoms with E-state index >= 15 is 0 Å². The second-order valence-corrected chi connectivity index (χ2v) is 8.84. The number of benzene rings is 3. The molecule has 3 N–H and O–H groups in total. The molecule has 33 heavy (non-hydrogen) atoms. The monoisotopic (exact) mass is 470 g/mol. The zero-order valence-electron chi connectivity index (χ0n) is 18.1. The van der Waals surface area contributed by atoms with E-state index in [9.17, 15) is 23.6 Å². The van der Waals surface area contributed by atoms with Crippen LogP contribution in [-0.4, -0.2) is 31.8 Å². The quantitative estimate of drug-likeness (QED) is 0.255.